The minimum Gasteiger partial charge on any atom is -0.444 e. The van der Waals surface area contributed by atoms with Gasteiger partial charge < -0.3 is 25.8 Å². The molecular weight excluding hydrogens is 458 g/mol. The van der Waals surface area contributed by atoms with Gasteiger partial charge in [-0.25, -0.2) is 4.79 Å². The molecule has 0 radical (unpaired) electrons. The predicted molar refractivity (Wildman–Crippen MR) is 142 cm³/mol. The Morgan fingerprint density at radius 2 is 1.50 bits per heavy atom. The highest BCUT2D eigenvalue weighted by molar-refractivity contribution is 5.86. The highest BCUT2D eigenvalue weighted by Gasteiger charge is 2.30. The first-order valence-electron chi connectivity index (χ1n) is 13.0. The Labute approximate surface area is 217 Å². The maximum absolute atomic E-state index is 13.4. The van der Waals surface area contributed by atoms with E-state index >= 15 is 0 Å². The van der Waals surface area contributed by atoms with Crippen LogP contribution in [0.2, 0.25) is 0 Å². The lowest BCUT2D eigenvalue weighted by Gasteiger charge is -2.30. The van der Waals surface area contributed by atoms with Crippen LogP contribution in [-0.4, -0.2) is 53.3 Å². The molecule has 1 aromatic carbocycles. The number of alkyl carbamates (subject to hydrolysis) is 1. The third-order valence-electron chi connectivity index (χ3n) is 5.53. The number of aliphatic hydroxyl groups is 1. The van der Waals surface area contributed by atoms with Crippen LogP contribution < -0.4 is 16.0 Å². The number of carbonyl (C=O) groups excluding carboxylic acids is 3. The molecule has 0 saturated carbocycles. The summed E-state index contributed by atoms with van der Waals surface area (Å²) in [6, 6.07) is 7.92. The van der Waals surface area contributed by atoms with Gasteiger partial charge >= 0.3 is 6.09 Å². The molecule has 4 atom stereocenters. The van der Waals surface area contributed by atoms with Crippen LogP contribution in [0.5, 0.6) is 0 Å². The quantitative estimate of drug-likeness (QED) is 0.325. The van der Waals surface area contributed by atoms with E-state index in [-0.39, 0.29) is 24.7 Å². The molecule has 1 aromatic rings. The van der Waals surface area contributed by atoms with Crippen molar-refractivity contribution in [1.29, 1.82) is 0 Å². The van der Waals surface area contributed by atoms with Gasteiger partial charge in [-0.05, 0) is 51.0 Å². The standard InChI is InChI=1S/C28H47N3O5/c1-18(2)14-22(24(32)15-20(5)25(33)29-17-19(3)4)30-26(34)23(16-21-12-10-9-11-13-21)31-27(35)36-28(6,7)8/h9-13,18-20,22-24,32H,14-17H2,1-8H3,(H,29,33)(H,30,34)(H,31,35)/t20-,22+,23+,24+/m1/s1. The van der Waals surface area contributed by atoms with Crippen molar-refractivity contribution in [2.45, 2.75) is 98.4 Å². The lowest BCUT2D eigenvalue weighted by molar-refractivity contribution is -0.126. The van der Waals surface area contributed by atoms with Crippen LogP contribution in [0.15, 0.2) is 30.3 Å². The van der Waals surface area contributed by atoms with Crippen molar-refractivity contribution in [2.24, 2.45) is 17.8 Å². The van der Waals surface area contributed by atoms with E-state index < -0.39 is 41.7 Å². The molecule has 0 bridgehead atoms. The van der Waals surface area contributed by atoms with Gasteiger partial charge in [-0.2, -0.15) is 0 Å². The Kier molecular flexibility index (Phi) is 12.9. The van der Waals surface area contributed by atoms with Gasteiger partial charge in [0, 0.05) is 18.9 Å². The molecule has 0 aliphatic rings. The van der Waals surface area contributed by atoms with Gasteiger partial charge in [0.2, 0.25) is 11.8 Å². The molecule has 8 heteroatoms. The third kappa shape index (κ3) is 12.9. The average Bonchev–Trinajstić information content (AvgIpc) is 2.75. The normalized spacial score (nSPS) is 15.1. The van der Waals surface area contributed by atoms with E-state index in [0.29, 0.717) is 18.9 Å². The third-order valence-corrected chi connectivity index (χ3v) is 5.53. The Bertz CT molecular complexity index is 820. The number of hydrogen-bond donors (Lipinski definition) is 4. The Hall–Kier alpha value is -2.61. The summed E-state index contributed by atoms with van der Waals surface area (Å²) in [7, 11) is 0. The fourth-order valence-corrected chi connectivity index (χ4v) is 3.72. The Balaban J connectivity index is 2.98. The minimum atomic E-state index is -0.921. The van der Waals surface area contributed by atoms with Crippen LogP contribution in [0, 0.1) is 17.8 Å². The van der Waals surface area contributed by atoms with E-state index in [9.17, 15) is 19.5 Å². The molecule has 0 aliphatic carbocycles. The molecule has 0 heterocycles. The number of ether oxygens (including phenoxy) is 1. The van der Waals surface area contributed by atoms with Crippen molar-refractivity contribution in [2.75, 3.05) is 6.54 Å². The van der Waals surface area contributed by atoms with E-state index in [0.717, 1.165) is 5.56 Å². The van der Waals surface area contributed by atoms with E-state index in [4.69, 9.17) is 4.74 Å². The summed E-state index contributed by atoms with van der Waals surface area (Å²) < 4.78 is 5.37. The van der Waals surface area contributed by atoms with Gasteiger partial charge in [0.1, 0.15) is 11.6 Å². The van der Waals surface area contributed by atoms with Crippen LogP contribution >= 0.6 is 0 Å². The molecule has 0 unspecified atom stereocenters. The average molecular weight is 506 g/mol. The van der Waals surface area contributed by atoms with E-state index in [1.807, 2.05) is 58.0 Å². The zero-order chi connectivity index (χ0) is 27.5. The molecule has 1 rings (SSSR count). The van der Waals surface area contributed by atoms with Crippen molar-refractivity contribution in [3.63, 3.8) is 0 Å². The minimum absolute atomic E-state index is 0.120. The molecule has 0 spiro atoms. The van der Waals surface area contributed by atoms with Crippen molar-refractivity contribution in [3.05, 3.63) is 35.9 Å². The van der Waals surface area contributed by atoms with Crippen LogP contribution in [0.1, 0.15) is 73.8 Å². The Morgan fingerprint density at radius 3 is 2.03 bits per heavy atom. The smallest absolute Gasteiger partial charge is 0.408 e. The molecule has 0 fully saturated rings. The molecule has 0 aliphatic heterocycles. The number of rotatable bonds is 13. The summed E-state index contributed by atoms with van der Waals surface area (Å²) in [6.07, 6.45) is -0.600. The van der Waals surface area contributed by atoms with E-state index in [2.05, 4.69) is 16.0 Å². The van der Waals surface area contributed by atoms with Gasteiger partial charge in [0.05, 0.1) is 12.1 Å². The van der Waals surface area contributed by atoms with Gasteiger partial charge in [-0.1, -0.05) is 65.0 Å². The summed E-state index contributed by atoms with van der Waals surface area (Å²) >= 11 is 0. The van der Waals surface area contributed by atoms with Crippen LogP contribution in [0.4, 0.5) is 4.79 Å². The van der Waals surface area contributed by atoms with E-state index in [1.165, 1.54) is 0 Å². The largest absolute Gasteiger partial charge is 0.444 e. The first kappa shape index (κ1) is 31.4. The molecular formula is C28H47N3O5. The monoisotopic (exact) mass is 505 g/mol. The van der Waals surface area contributed by atoms with Gasteiger partial charge in [0.25, 0.3) is 0 Å². The summed E-state index contributed by atoms with van der Waals surface area (Å²) in [5.41, 5.74) is 0.172. The summed E-state index contributed by atoms with van der Waals surface area (Å²) in [5, 5.41) is 19.5. The van der Waals surface area contributed by atoms with Crippen LogP contribution in [0.3, 0.4) is 0 Å². The van der Waals surface area contributed by atoms with Gasteiger partial charge in [-0.3, -0.25) is 9.59 Å². The van der Waals surface area contributed by atoms with Crippen molar-refractivity contribution < 1.29 is 24.2 Å². The second-order valence-corrected chi connectivity index (χ2v) is 11.5. The lowest BCUT2D eigenvalue weighted by Crippen LogP contribution is -2.54. The van der Waals surface area contributed by atoms with Crippen LogP contribution in [-0.2, 0) is 20.7 Å². The highest BCUT2D eigenvalue weighted by atomic mass is 16.6. The number of carbonyl (C=O) groups is 3. The van der Waals surface area contributed by atoms with E-state index in [1.54, 1.807) is 27.7 Å². The fraction of sp³-hybridized carbons (Fsp3) is 0.679. The molecule has 36 heavy (non-hydrogen) atoms. The number of amides is 3. The summed E-state index contributed by atoms with van der Waals surface area (Å²) in [6.45, 7) is 15.7. The molecule has 3 amide bonds. The number of nitrogens with one attached hydrogen (secondary N) is 3. The summed E-state index contributed by atoms with van der Waals surface area (Å²) in [4.78, 5) is 38.3. The number of aliphatic hydroxyl groups excluding tert-OH is 1. The van der Waals surface area contributed by atoms with Gasteiger partial charge in [-0.15, -0.1) is 0 Å². The lowest BCUT2D eigenvalue weighted by atomic mass is 9.92. The first-order chi connectivity index (χ1) is 16.7. The van der Waals surface area contributed by atoms with Crippen molar-refractivity contribution in [1.82, 2.24) is 16.0 Å². The van der Waals surface area contributed by atoms with Crippen molar-refractivity contribution >= 4 is 17.9 Å². The first-order valence-corrected chi connectivity index (χ1v) is 13.0. The summed E-state index contributed by atoms with van der Waals surface area (Å²) in [5.74, 6) is -0.415. The maximum Gasteiger partial charge on any atom is 0.408 e. The Morgan fingerprint density at radius 1 is 0.889 bits per heavy atom. The molecule has 204 valence electrons. The zero-order valence-corrected chi connectivity index (χ0v) is 23.3. The second kappa shape index (κ2) is 14.8. The second-order valence-electron chi connectivity index (χ2n) is 11.5. The fourth-order valence-electron chi connectivity index (χ4n) is 3.72. The number of benzene rings is 1. The topological polar surface area (TPSA) is 117 Å². The predicted octanol–water partition coefficient (Wildman–Crippen LogP) is 3.81. The van der Waals surface area contributed by atoms with Crippen molar-refractivity contribution in [3.8, 4) is 0 Å². The SMILES string of the molecule is CC(C)CNC(=O)[C@H](C)C[C@H](O)[C@H](CC(C)C)NC(=O)[C@H](Cc1ccccc1)NC(=O)OC(C)(C)C. The maximum atomic E-state index is 13.4. The molecule has 0 saturated heterocycles. The zero-order valence-electron chi connectivity index (χ0n) is 23.3. The highest BCUT2D eigenvalue weighted by Crippen LogP contribution is 2.17. The molecule has 0 aromatic heterocycles. The molecule has 8 nitrogen and oxygen atoms in total. The van der Waals surface area contributed by atoms with Gasteiger partial charge in [0.15, 0.2) is 0 Å². The number of hydrogen-bond acceptors (Lipinski definition) is 5. The molecule has 4 N–H and O–H groups in total. The van der Waals surface area contributed by atoms with Crippen LogP contribution in [0.25, 0.3) is 0 Å².